The van der Waals surface area contributed by atoms with Gasteiger partial charge in [-0.15, -0.1) is 0 Å². The van der Waals surface area contributed by atoms with E-state index in [1.54, 1.807) is 11.8 Å². The number of rotatable bonds is 5. The van der Waals surface area contributed by atoms with Gasteiger partial charge in [0.1, 0.15) is 0 Å². The van der Waals surface area contributed by atoms with Crippen LogP contribution in [0, 0.1) is 18.8 Å². The molecule has 31 heavy (non-hydrogen) atoms. The zero-order valence-corrected chi connectivity index (χ0v) is 18.9. The molecule has 0 bridgehead atoms. The number of urea groups is 1. The van der Waals surface area contributed by atoms with E-state index in [4.69, 9.17) is 4.74 Å². The summed E-state index contributed by atoms with van der Waals surface area (Å²) in [6, 6.07) is 8.19. The van der Waals surface area contributed by atoms with E-state index in [0.29, 0.717) is 45.8 Å². The largest absolute Gasteiger partial charge is 0.466 e. The highest BCUT2D eigenvalue weighted by Crippen LogP contribution is 2.33. The zero-order chi connectivity index (χ0) is 22.4. The fourth-order valence-corrected chi connectivity index (χ4v) is 4.76. The van der Waals surface area contributed by atoms with Crippen molar-refractivity contribution in [3.8, 4) is 0 Å². The Morgan fingerprint density at radius 1 is 1.10 bits per heavy atom. The van der Waals surface area contributed by atoms with Crippen molar-refractivity contribution in [1.29, 1.82) is 0 Å². The van der Waals surface area contributed by atoms with Gasteiger partial charge in [-0.1, -0.05) is 29.8 Å². The van der Waals surface area contributed by atoms with Crippen molar-refractivity contribution < 1.29 is 19.1 Å². The van der Waals surface area contributed by atoms with Crippen LogP contribution >= 0.6 is 0 Å². The lowest BCUT2D eigenvalue weighted by molar-refractivity contribution is -0.152. The summed E-state index contributed by atoms with van der Waals surface area (Å²) in [4.78, 5) is 41.9. The van der Waals surface area contributed by atoms with Crippen LogP contribution in [-0.4, -0.2) is 67.0 Å². The van der Waals surface area contributed by atoms with Crippen LogP contribution in [0.25, 0.3) is 0 Å². The molecule has 0 aromatic heterocycles. The van der Waals surface area contributed by atoms with Gasteiger partial charge in [-0.2, -0.15) is 0 Å². The first-order valence-corrected chi connectivity index (χ1v) is 11.5. The van der Waals surface area contributed by atoms with E-state index < -0.39 is 0 Å². The molecule has 1 N–H and O–H groups in total. The fourth-order valence-electron chi connectivity index (χ4n) is 4.76. The molecule has 2 aliphatic rings. The van der Waals surface area contributed by atoms with Crippen molar-refractivity contribution in [1.82, 2.24) is 15.1 Å². The molecule has 0 spiro atoms. The summed E-state index contributed by atoms with van der Waals surface area (Å²) in [5.74, 6) is -0.599. The van der Waals surface area contributed by atoms with Crippen LogP contribution in [0.15, 0.2) is 24.3 Å². The van der Waals surface area contributed by atoms with Crippen LogP contribution in [0.3, 0.4) is 0 Å². The molecule has 0 aliphatic carbocycles. The standard InChI is InChI=1S/C24H35N3O4/c1-4-25-24(30)27-15-20(18-9-6-8-17(3)12-18)13-21(16-27)22(28)26-11-7-10-19(14-26)23(29)31-5-2/h6,8-9,12,19-21H,4-5,7,10-11,13-16H2,1-3H3,(H,25,30). The van der Waals surface area contributed by atoms with Crippen molar-refractivity contribution in [2.24, 2.45) is 11.8 Å². The van der Waals surface area contributed by atoms with Gasteiger partial charge in [-0.25, -0.2) is 4.79 Å². The lowest BCUT2D eigenvalue weighted by atomic mass is 9.83. The van der Waals surface area contributed by atoms with E-state index in [1.807, 2.05) is 17.9 Å². The second-order valence-corrected chi connectivity index (χ2v) is 8.66. The summed E-state index contributed by atoms with van der Waals surface area (Å²) in [5, 5.41) is 2.87. The van der Waals surface area contributed by atoms with Gasteiger partial charge < -0.3 is 19.9 Å². The van der Waals surface area contributed by atoms with Crippen LogP contribution in [0.5, 0.6) is 0 Å². The fraction of sp³-hybridized carbons (Fsp3) is 0.625. The molecule has 3 amide bonds. The number of amides is 3. The Balaban J connectivity index is 1.76. The molecule has 2 heterocycles. The number of esters is 1. The normalized spacial score (nSPS) is 23.9. The van der Waals surface area contributed by atoms with Crippen molar-refractivity contribution in [3.05, 3.63) is 35.4 Å². The number of likely N-dealkylation sites (tertiary alicyclic amines) is 2. The Bertz CT molecular complexity index is 797. The van der Waals surface area contributed by atoms with Crippen molar-refractivity contribution in [3.63, 3.8) is 0 Å². The molecule has 7 heteroatoms. The number of hydrogen-bond donors (Lipinski definition) is 1. The summed E-state index contributed by atoms with van der Waals surface area (Å²) < 4.78 is 5.18. The summed E-state index contributed by atoms with van der Waals surface area (Å²) >= 11 is 0. The van der Waals surface area contributed by atoms with Gasteiger partial charge in [0.05, 0.1) is 18.4 Å². The summed E-state index contributed by atoms with van der Waals surface area (Å²) in [5.41, 5.74) is 2.33. The number of piperidine rings is 2. The minimum Gasteiger partial charge on any atom is -0.466 e. The second kappa shape index (κ2) is 10.6. The van der Waals surface area contributed by atoms with Gasteiger partial charge in [0.25, 0.3) is 0 Å². The summed E-state index contributed by atoms with van der Waals surface area (Å²) in [6.07, 6.45) is 2.26. The number of hydrogen-bond acceptors (Lipinski definition) is 4. The molecule has 0 saturated carbocycles. The lowest BCUT2D eigenvalue weighted by Gasteiger charge is -2.40. The van der Waals surface area contributed by atoms with Gasteiger partial charge in [0, 0.05) is 38.6 Å². The lowest BCUT2D eigenvalue weighted by Crippen LogP contribution is -2.53. The topological polar surface area (TPSA) is 79.0 Å². The minimum absolute atomic E-state index is 0.0423. The first-order valence-electron chi connectivity index (χ1n) is 11.5. The maximum atomic E-state index is 13.5. The summed E-state index contributed by atoms with van der Waals surface area (Å²) in [7, 11) is 0. The molecule has 7 nitrogen and oxygen atoms in total. The van der Waals surface area contributed by atoms with Crippen LogP contribution in [-0.2, 0) is 14.3 Å². The smallest absolute Gasteiger partial charge is 0.317 e. The van der Waals surface area contributed by atoms with E-state index in [-0.39, 0.29) is 35.7 Å². The Morgan fingerprint density at radius 3 is 2.58 bits per heavy atom. The summed E-state index contributed by atoms with van der Waals surface area (Å²) in [6.45, 7) is 8.73. The Morgan fingerprint density at radius 2 is 1.87 bits per heavy atom. The number of nitrogens with zero attached hydrogens (tertiary/aromatic N) is 2. The third-order valence-corrected chi connectivity index (χ3v) is 6.28. The maximum Gasteiger partial charge on any atom is 0.317 e. The van der Waals surface area contributed by atoms with Crippen molar-refractivity contribution in [2.45, 2.75) is 46.0 Å². The Hall–Kier alpha value is -2.57. The van der Waals surface area contributed by atoms with Crippen LogP contribution < -0.4 is 5.32 Å². The van der Waals surface area contributed by atoms with Gasteiger partial charge >= 0.3 is 12.0 Å². The van der Waals surface area contributed by atoms with E-state index in [9.17, 15) is 14.4 Å². The van der Waals surface area contributed by atoms with E-state index >= 15 is 0 Å². The molecule has 3 atom stereocenters. The third kappa shape index (κ3) is 5.77. The number of carbonyl (C=O) groups excluding carboxylic acids is 3. The third-order valence-electron chi connectivity index (χ3n) is 6.28. The number of benzene rings is 1. The van der Waals surface area contributed by atoms with Crippen molar-refractivity contribution in [2.75, 3.05) is 39.3 Å². The van der Waals surface area contributed by atoms with E-state index in [0.717, 1.165) is 18.4 Å². The van der Waals surface area contributed by atoms with E-state index in [2.05, 4.69) is 30.4 Å². The number of nitrogens with one attached hydrogen (secondary N) is 1. The maximum absolute atomic E-state index is 13.5. The average molecular weight is 430 g/mol. The van der Waals surface area contributed by atoms with Gasteiger partial charge in [0.2, 0.25) is 5.91 Å². The Kier molecular flexibility index (Phi) is 7.93. The predicted molar refractivity (Wildman–Crippen MR) is 119 cm³/mol. The number of aryl methyl sites for hydroxylation is 1. The molecule has 2 aliphatic heterocycles. The molecule has 2 saturated heterocycles. The van der Waals surface area contributed by atoms with Gasteiger partial charge in [0.15, 0.2) is 0 Å². The average Bonchev–Trinajstić information content (AvgIpc) is 2.78. The molecule has 1 aromatic carbocycles. The monoisotopic (exact) mass is 429 g/mol. The molecule has 2 fully saturated rings. The molecule has 1 aromatic rings. The molecular weight excluding hydrogens is 394 g/mol. The second-order valence-electron chi connectivity index (χ2n) is 8.66. The molecular formula is C24H35N3O4. The minimum atomic E-state index is -0.275. The van der Waals surface area contributed by atoms with Gasteiger partial charge in [-0.05, 0) is 45.6 Å². The predicted octanol–water partition coefficient (Wildman–Crippen LogP) is 2.93. The first-order chi connectivity index (χ1) is 14.9. The highest BCUT2D eigenvalue weighted by Gasteiger charge is 2.38. The number of ether oxygens (including phenoxy) is 1. The SMILES string of the molecule is CCNC(=O)N1CC(C(=O)N2CCCC(C(=O)OCC)C2)CC(c2cccc(C)c2)C1. The molecule has 3 rings (SSSR count). The van der Waals surface area contributed by atoms with Gasteiger partial charge in [-0.3, -0.25) is 9.59 Å². The molecule has 3 unspecified atom stereocenters. The molecule has 0 radical (unpaired) electrons. The van der Waals surface area contributed by atoms with Crippen LogP contribution in [0.1, 0.15) is 50.2 Å². The number of carbonyl (C=O) groups is 3. The first kappa shape index (κ1) is 23.1. The Labute approximate surface area is 185 Å². The van der Waals surface area contributed by atoms with Crippen LogP contribution in [0.4, 0.5) is 4.79 Å². The highest BCUT2D eigenvalue weighted by atomic mass is 16.5. The zero-order valence-electron chi connectivity index (χ0n) is 18.9. The highest BCUT2D eigenvalue weighted by molar-refractivity contribution is 5.82. The molecule has 170 valence electrons. The van der Waals surface area contributed by atoms with Crippen LogP contribution in [0.2, 0.25) is 0 Å². The van der Waals surface area contributed by atoms with Crippen molar-refractivity contribution >= 4 is 17.9 Å². The van der Waals surface area contributed by atoms with E-state index in [1.165, 1.54) is 5.56 Å². The quantitative estimate of drug-likeness (QED) is 0.730.